The minimum Gasteiger partial charge on any atom is -0.354 e. The minimum absolute atomic E-state index is 0.128. The van der Waals surface area contributed by atoms with E-state index in [0.29, 0.717) is 44.5 Å². The first-order valence-electron chi connectivity index (χ1n) is 10.1. The predicted molar refractivity (Wildman–Crippen MR) is 102 cm³/mol. The third-order valence-corrected chi connectivity index (χ3v) is 5.42. The van der Waals surface area contributed by atoms with Gasteiger partial charge in [0.2, 0.25) is 5.91 Å². The molecule has 2 aromatic rings. The number of carbonyl (C=O) groups is 1. The van der Waals surface area contributed by atoms with Crippen LogP contribution in [-0.2, 0) is 30.4 Å². The quantitative estimate of drug-likeness (QED) is 0.757. The Balaban J connectivity index is 1.69. The van der Waals surface area contributed by atoms with Gasteiger partial charge >= 0.3 is 6.18 Å². The molecule has 1 aliphatic rings. The van der Waals surface area contributed by atoms with Crippen molar-refractivity contribution in [1.82, 2.24) is 24.9 Å². The van der Waals surface area contributed by atoms with Crippen LogP contribution in [0.5, 0.6) is 0 Å². The number of fused-ring (bicyclic) bond motifs is 1. The molecule has 2 atom stereocenters. The van der Waals surface area contributed by atoms with E-state index in [9.17, 15) is 18.0 Å². The average molecular weight is 411 g/mol. The van der Waals surface area contributed by atoms with Crippen molar-refractivity contribution in [1.29, 1.82) is 0 Å². The molecule has 1 aliphatic carbocycles. The summed E-state index contributed by atoms with van der Waals surface area (Å²) in [5.41, 5.74) is 1.96. The number of nitrogens with zero attached hydrogens (tertiary/aromatic N) is 4. The van der Waals surface area contributed by atoms with Gasteiger partial charge in [0.1, 0.15) is 6.04 Å². The molecule has 0 radical (unpaired) electrons. The van der Waals surface area contributed by atoms with Gasteiger partial charge in [0.25, 0.3) is 0 Å². The molecular weight excluding hydrogens is 383 g/mol. The second-order valence-electron chi connectivity index (χ2n) is 7.95. The van der Waals surface area contributed by atoms with Gasteiger partial charge < -0.3 is 5.32 Å². The highest BCUT2D eigenvalue weighted by molar-refractivity contribution is 5.80. The molecule has 9 heteroatoms. The van der Waals surface area contributed by atoms with Crippen molar-refractivity contribution >= 4 is 5.91 Å². The number of hydrogen-bond acceptors (Lipinski definition) is 3. The van der Waals surface area contributed by atoms with E-state index in [4.69, 9.17) is 0 Å². The molecule has 0 spiro atoms. The van der Waals surface area contributed by atoms with Crippen LogP contribution in [0.25, 0.3) is 0 Å². The molecule has 0 saturated heterocycles. The van der Waals surface area contributed by atoms with Crippen LogP contribution >= 0.6 is 0 Å². The lowest BCUT2D eigenvalue weighted by Gasteiger charge is -2.20. The largest absolute Gasteiger partial charge is 0.435 e. The van der Waals surface area contributed by atoms with Crippen LogP contribution in [0, 0.1) is 19.8 Å². The summed E-state index contributed by atoms with van der Waals surface area (Å²) in [6, 6.07) is 1.26. The van der Waals surface area contributed by atoms with Crippen LogP contribution in [0.2, 0.25) is 0 Å². The SMILES string of the molecule is CC[C@@H](C(=O)NC[C@@H](C)Cn1nc(C)cc1C)n1nc(C(F)(F)F)c2c1CCC2. The number of alkyl halides is 3. The van der Waals surface area contributed by atoms with Crippen molar-refractivity contribution in [2.75, 3.05) is 6.54 Å². The maximum Gasteiger partial charge on any atom is 0.435 e. The van der Waals surface area contributed by atoms with E-state index >= 15 is 0 Å². The molecule has 1 N–H and O–H groups in total. The minimum atomic E-state index is -4.50. The van der Waals surface area contributed by atoms with Crippen molar-refractivity contribution in [3.05, 3.63) is 34.4 Å². The van der Waals surface area contributed by atoms with Gasteiger partial charge in [-0.3, -0.25) is 14.2 Å². The molecule has 0 fully saturated rings. The lowest BCUT2D eigenvalue weighted by atomic mass is 10.1. The van der Waals surface area contributed by atoms with Gasteiger partial charge in [0.05, 0.1) is 5.69 Å². The molecule has 0 saturated carbocycles. The van der Waals surface area contributed by atoms with Crippen LogP contribution in [0.4, 0.5) is 13.2 Å². The molecule has 0 unspecified atom stereocenters. The lowest BCUT2D eigenvalue weighted by Crippen LogP contribution is -2.37. The molecule has 0 aliphatic heterocycles. The Bertz CT molecular complexity index is 884. The summed E-state index contributed by atoms with van der Waals surface area (Å²) in [4.78, 5) is 12.8. The Kier molecular flexibility index (Phi) is 6.05. The van der Waals surface area contributed by atoms with Gasteiger partial charge in [0.15, 0.2) is 5.69 Å². The van der Waals surface area contributed by atoms with E-state index in [0.717, 1.165) is 11.4 Å². The zero-order valence-corrected chi connectivity index (χ0v) is 17.3. The number of halogens is 3. The molecule has 3 rings (SSSR count). The maximum atomic E-state index is 13.3. The summed E-state index contributed by atoms with van der Waals surface area (Å²) in [6.07, 6.45) is -2.57. The number of carbonyl (C=O) groups excluding carboxylic acids is 1. The predicted octanol–water partition coefficient (Wildman–Crippen LogP) is 3.61. The van der Waals surface area contributed by atoms with Crippen LogP contribution in [0.3, 0.4) is 0 Å². The van der Waals surface area contributed by atoms with Crippen molar-refractivity contribution in [3.63, 3.8) is 0 Å². The van der Waals surface area contributed by atoms with E-state index in [1.54, 1.807) is 6.92 Å². The molecule has 2 aromatic heterocycles. The lowest BCUT2D eigenvalue weighted by molar-refractivity contribution is -0.142. The first-order valence-corrected chi connectivity index (χ1v) is 10.1. The van der Waals surface area contributed by atoms with Crippen molar-refractivity contribution in [3.8, 4) is 0 Å². The maximum absolute atomic E-state index is 13.3. The zero-order chi connectivity index (χ0) is 21.3. The highest BCUT2D eigenvalue weighted by Crippen LogP contribution is 2.37. The van der Waals surface area contributed by atoms with Gasteiger partial charge in [-0.15, -0.1) is 0 Å². The summed E-state index contributed by atoms with van der Waals surface area (Å²) in [5.74, 6) is -0.165. The Morgan fingerprint density at radius 3 is 2.59 bits per heavy atom. The summed E-state index contributed by atoms with van der Waals surface area (Å²) in [7, 11) is 0. The van der Waals surface area contributed by atoms with Crippen molar-refractivity contribution in [2.45, 2.75) is 72.1 Å². The third kappa shape index (κ3) is 4.48. The van der Waals surface area contributed by atoms with Gasteiger partial charge in [0, 0.05) is 30.0 Å². The second-order valence-corrected chi connectivity index (χ2v) is 7.95. The molecule has 0 aromatic carbocycles. The summed E-state index contributed by atoms with van der Waals surface area (Å²) in [5, 5.41) is 11.1. The molecular formula is C20H28F3N5O. The van der Waals surface area contributed by atoms with Crippen LogP contribution in [-0.4, -0.2) is 32.0 Å². The smallest absolute Gasteiger partial charge is 0.354 e. The molecule has 0 bridgehead atoms. The van der Waals surface area contributed by atoms with E-state index in [2.05, 4.69) is 15.5 Å². The second kappa shape index (κ2) is 8.20. The Morgan fingerprint density at radius 1 is 1.28 bits per heavy atom. The monoisotopic (exact) mass is 411 g/mol. The zero-order valence-electron chi connectivity index (χ0n) is 17.3. The van der Waals surface area contributed by atoms with Gasteiger partial charge in [-0.2, -0.15) is 23.4 Å². The molecule has 1 amide bonds. The van der Waals surface area contributed by atoms with E-state index in [1.807, 2.05) is 31.5 Å². The van der Waals surface area contributed by atoms with Crippen LogP contribution < -0.4 is 5.32 Å². The number of rotatable bonds is 7. The normalized spacial score (nSPS) is 16.0. The third-order valence-electron chi connectivity index (χ3n) is 5.42. The number of amides is 1. The van der Waals surface area contributed by atoms with E-state index in [1.165, 1.54) is 4.68 Å². The van der Waals surface area contributed by atoms with E-state index in [-0.39, 0.29) is 17.4 Å². The Hall–Kier alpha value is -2.32. The fourth-order valence-electron chi connectivity index (χ4n) is 4.03. The van der Waals surface area contributed by atoms with Crippen LogP contribution in [0.15, 0.2) is 6.07 Å². The number of aromatic nitrogens is 4. The summed E-state index contributed by atoms with van der Waals surface area (Å²) in [6.45, 7) is 8.79. The Morgan fingerprint density at radius 2 is 2.00 bits per heavy atom. The molecule has 6 nitrogen and oxygen atoms in total. The fraction of sp³-hybridized carbons (Fsp3) is 0.650. The highest BCUT2D eigenvalue weighted by atomic mass is 19.4. The molecule has 2 heterocycles. The molecule has 160 valence electrons. The topological polar surface area (TPSA) is 64.7 Å². The van der Waals surface area contributed by atoms with Crippen molar-refractivity contribution < 1.29 is 18.0 Å². The highest BCUT2D eigenvalue weighted by Gasteiger charge is 2.41. The van der Waals surface area contributed by atoms with E-state index < -0.39 is 17.9 Å². The van der Waals surface area contributed by atoms with Gasteiger partial charge in [-0.1, -0.05) is 13.8 Å². The van der Waals surface area contributed by atoms with Crippen LogP contribution in [0.1, 0.15) is 61.1 Å². The number of hydrogen-bond donors (Lipinski definition) is 1. The number of aryl methyl sites for hydroxylation is 2. The number of nitrogens with one attached hydrogen (secondary N) is 1. The Labute approximate surface area is 168 Å². The van der Waals surface area contributed by atoms with Crippen molar-refractivity contribution in [2.24, 2.45) is 5.92 Å². The standard InChI is InChI=1S/C20H28F3N5O/c1-5-16(28-17-8-6-7-15(17)18(26-28)20(21,22)23)19(29)24-10-12(2)11-27-14(4)9-13(3)25-27/h9,12,16H,5-8,10-11H2,1-4H3,(H,24,29)/t12-,16+/m1/s1. The summed E-state index contributed by atoms with van der Waals surface area (Å²) < 4.78 is 43.2. The average Bonchev–Trinajstić information content (AvgIpc) is 3.30. The fourth-order valence-corrected chi connectivity index (χ4v) is 4.03. The first-order chi connectivity index (χ1) is 13.6. The summed E-state index contributed by atoms with van der Waals surface area (Å²) >= 11 is 0. The van der Waals surface area contributed by atoms with Gasteiger partial charge in [-0.25, -0.2) is 0 Å². The molecule has 29 heavy (non-hydrogen) atoms. The van der Waals surface area contributed by atoms with Gasteiger partial charge in [-0.05, 0) is 51.5 Å². The first kappa shape index (κ1) is 21.4.